The molecule has 2 rings (SSSR count). The summed E-state index contributed by atoms with van der Waals surface area (Å²) in [5.74, 6) is -0.805. The van der Waals surface area contributed by atoms with Crippen molar-refractivity contribution in [3.63, 3.8) is 0 Å². The van der Waals surface area contributed by atoms with Crippen LogP contribution in [0, 0.1) is 0 Å². The second-order valence-electron chi connectivity index (χ2n) is 4.15. The van der Waals surface area contributed by atoms with Crippen molar-refractivity contribution >= 4 is 40.7 Å². The highest BCUT2D eigenvalue weighted by Crippen LogP contribution is 2.23. The van der Waals surface area contributed by atoms with Crippen LogP contribution in [0.25, 0.3) is 6.08 Å². The number of nitrogen functional groups attached to an aromatic ring is 1. The highest BCUT2D eigenvalue weighted by molar-refractivity contribution is 7.12. The number of nitrogens with one attached hydrogen (secondary N) is 1. The van der Waals surface area contributed by atoms with E-state index >= 15 is 0 Å². The molecule has 0 bridgehead atoms. The molecule has 0 aliphatic rings. The van der Waals surface area contributed by atoms with Crippen LogP contribution < -0.4 is 11.1 Å². The van der Waals surface area contributed by atoms with Gasteiger partial charge in [-0.15, -0.1) is 11.3 Å². The minimum atomic E-state index is -0.472. The van der Waals surface area contributed by atoms with Crippen molar-refractivity contribution in [1.29, 1.82) is 0 Å². The van der Waals surface area contributed by atoms with Crippen molar-refractivity contribution in [1.82, 2.24) is 0 Å². The monoisotopic (exact) mass is 302 g/mol. The highest BCUT2D eigenvalue weighted by Gasteiger charge is 2.14. The van der Waals surface area contributed by atoms with Crippen LogP contribution >= 0.6 is 11.3 Å². The van der Waals surface area contributed by atoms with Gasteiger partial charge in [0.25, 0.3) is 0 Å². The molecule has 1 aromatic heterocycles. The summed E-state index contributed by atoms with van der Waals surface area (Å²) in [6, 6.07) is 8.83. The normalized spacial score (nSPS) is 10.5. The molecular weight excluding hydrogens is 288 g/mol. The maximum Gasteiger partial charge on any atom is 0.350 e. The highest BCUT2D eigenvalue weighted by atomic mass is 32.1. The molecule has 1 amide bonds. The molecule has 0 aliphatic heterocycles. The number of rotatable bonds is 4. The third kappa shape index (κ3) is 3.93. The molecule has 0 fully saturated rings. The van der Waals surface area contributed by atoms with E-state index in [2.05, 4.69) is 10.1 Å². The van der Waals surface area contributed by atoms with Gasteiger partial charge in [0, 0.05) is 11.8 Å². The van der Waals surface area contributed by atoms with Crippen LogP contribution in [0.2, 0.25) is 0 Å². The van der Waals surface area contributed by atoms with Gasteiger partial charge >= 0.3 is 5.97 Å². The summed E-state index contributed by atoms with van der Waals surface area (Å²) in [5.41, 5.74) is 7.55. The topological polar surface area (TPSA) is 81.4 Å². The molecule has 0 atom stereocenters. The summed E-state index contributed by atoms with van der Waals surface area (Å²) in [6.45, 7) is 0. The van der Waals surface area contributed by atoms with Crippen LogP contribution in [0.5, 0.6) is 0 Å². The predicted octanol–water partition coefficient (Wildman–Crippen LogP) is 2.77. The number of esters is 1. The average Bonchev–Trinajstić information content (AvgIpc) is 2.92. The molecule has 0 saturated heterocycles. The van der Waals surface area contributed by atoms with Crippen LogP contribution in [-0.2, 0) is 9.53 Å². The molecule has 3 N–H and O–H groups in total. The zero-order valence-corrected chi connectivity index (χ0v) is 12.1. The van der Waals surface area contributed by atoms with Gasteiger partial charge in [-0.25, -0.2) is 4.79 Å². The Kier molecular flexibility index (Phi) is 4.73. The molecule has 5 nitrogen and oxygen atoms in total. The number of carbonyl (C=O) groups excluding carboxylic acids is 2. The average molecular weight is 302 g/mol. The van der Waals surface area contributed by atoms with Gasteiger partial charge in [-0.05, 0) is 35.2 Å². The molecule has 1 aromatic carbocycles. The molecule has 0 spiro atoms. The lowest BCUT2D eigenvalue weighted by Gasteiger charge is -2.02. The first-order valence-electron chi connectivity index (χ1n) is 6.10. The summed E-state index contributed by atoms with van der Waals surface area (Å²) in [6.07, 6.45) is 3.03. The minimum Gasteiger partial charge on any atom is -0.465 e. The predicted molar refractivity (Wildman–Crippen MR) is 84.2 cm³/mol. The van der Waals surface area contributed by atoms with Gasteiger partial charge in [0.15, 0.2) is 0 Å². The van der Waals surface area contributed by atoms with E-state index in [4.69, 9.17) is 5.73 Å². The first-order chi connectivity index (χ1) is 10.1. The molecule has 0 aliphatic carbocycles. The molecule has 6 heteroatoms. The summed E-state index contributed by atoms with van der Waals surface area (Å²) < 4.78 is 4.65. The second kappa shape index (κ2) is 6.71. The van der Waals surface area contributed by atoms with Gasteiger partial charge in [-0.2, -0.15) is 0 Å². The molecule has 0 unspecified atom stereocenters. The number of thiophene rings is 1. The molecule has 2 aromatic rings. The Balaban J connectivity index is 2.05. The van der Waals surface area contributed by atoms with E-state index in [0.717, 1.165) is 5.56 Å². The van der Waals surface area contributed by atoms with Crippen molar-refractivity contribution in [3.8, 4) is 0 Å². The first-order valence-corrected chi connectivity index (χ1v) is 6.98. The van der Waals surface area contributed by atoms with E-state index in [0.29, 0.717) is 16.3 Å². The van der Waals surface area contributed by atoms with Crippen LogP contribution in [-0.4, -0.2) is 19.0 Å². The maximum atomic E-state index is 11.9. The Morgan fingerprint density at radius 1 is 1.33 bits per heavy atom. The van der Waals surface area contributed by atoms with Gasteiger partial charge in [0.2, 0.25) is 5.91 Å². The summed E-state index contributed by atoms with van der Waals surface area (Å²) in [5, 5.41) is 4.35. The second-order valence-corrected chi connectivity index (χ2v) is 5.06. The fourth-order valence-electron chi connectivity index (χ4n) is 1.67. The van der Waals surface area contributed by atoms with E-state index < -0.39 is 5.97 Å². The van der Waals surface area contributed by atoms with E-state index in [1.165, 1.54) is 24.5 Å². The Bertz CT molecular complexity index is 692. The lowest BCUT2D eigenvalue weighted by Crippen LogP contribution is -2.10. The Labute approximate surface area is 126 Å². The third-order valence-corrected chi connectivity index (χ3v) is 3.53. The molecule has 0 saturated carbocycles. The molecule has 108 valence electrons. The van der Waals surface area contributed by atoms with Gasteiger partial charge in [0.1, 0.15) is 4.88 Å². The number of ether oxygens (including phenoxy) is 1. The number of benzene rings is 1. The fourth-order valence-corrected chi connectivity index (χ4v) is 2.43. The largest absolute Gasteiger partial charge is 0.465 e. The summed E-state index contributed by atoms with van der Waals surface area (Å²) in [7, 11) is 1.30. The quantitative estimate of drug-likeness (QED) is 0.517. The van der Waals surface area contributed by atoms with Crippen molar-refractivity contribution in [2.24, 2.45) is 0 Å². The lowest BCUT2D eigenvalue weighted by atomic mass is 10.2. The summed E-state index contributed by atoms with van der Waals surface area (Å²) in [4.78, 5) is 23.7. The fraction of sp³-hybridized carbons (Fsp3) is 0.0667. The number of hydrogen-bond donors (Lipinski definition) is 2. The van der Waals surface area contributed by atoms with Gasteiger partial charge in [-0.3, -0.25) is 4.79 Å². The molecule has 21 heavy (non-hydrogen) atoms. The number of carbonyl (C=O) groups is 2. The molecule has 0 radical (unpaired) electrons. The third-order valence-electron chi connectivity index (χ3n) is 2.63. The number of nitrogens with two attached hydrogens (primary N) is 1. The number of amides is 1. The number of anilines is 2. The zero-order valence-electron chi connectivity index (χ0n) is 11.3. The lowest BCUT2D eigenvalue weighted by molar-refractivity contribution is -0.111. The first kappa shape index (κ1) is 14.8. The standard InChI is InChI=1S/C15H14N2O3S/c1-20-15(19)14-12(7-8-21-14)17-13(18)6-5-10-3-2-4-11(16)9-10/h2-9H,16H2,1H3,(H,17,18)/b6-5+. The minimum absolute atomic E-state index is 0.332. The molecular formula is C15H14N2O3S. The molecule has 1 heterocycles. The number of hydrogen-bond acceptors (Lipinski definition) is 5. The van der Waals surface area contributed by atoms with E-state index in [1.54, 1.807) is 35.7 Å². The van der Waals surface area contributed by atoms with Crippen molar-refractivity contribution < 1.29 is 14.3 Å². The van der Waals surface area contributed by atoms with Crippen LogP contribution in [0.15, 0.2) is 41.8 Å². The maximum absolute atomic E-state index is 11.9. The van der Waals surface area contributed by atoms with Crippen molar-refractivity contribution in [2.45, 2.75) is 0 Å². The van der Waals surface area contributed by atoms with Crippen LogP contribution in [0.4, 0.5) is 11.4 Å². The smallest absolute Gasteiger partial charge is 0.350 e. The van der Waals surface area contributed by atoms with E-state index in [1.807, 2.05) is 6.07 Å². The Morgan fingerprint density at radius 3 is 2.86 bits per heavy atom. The van der Waals surface area contributed by atoms with Gasteiger partial charge in [0.05, 0.1) is 12.8 Å². The van der Waals surface area contributed by atoms with E-state index in [-0.39, 0.29) is 5.91 Å². The Morgan fingerprint density at radius 2 is 2.14 bits per heavy atom. The van der Waals surface area contributed by atoms with Gasteiger partial charge < -0.3 is 15.8 Å². The Hall–Kier alpha value is -2.60. The SMILES string of the molecule is COC(=O)c1sccc1NC(=O)/C=C/c1cccc(N)c1. The van der Waals surface area contributed by atoms with E-state index in [9.17, 15) is 9.59 Å². The zero-order chi connectivity index (χ0) is 15.2. The summed E-state index contributed by atoms with van der Waals surface area (Å²) >= 11 is 1.21. The van der Waals surface area contributed by atoms with Crippen molar-refractivity contribution in [3.05, 3.63) is 52.2 Å². The van der Waals surface area contributed by atoms with Crippen LogP contribution in [0.1, 0.15) is 15.2 Å². The van der Waals surface area contributed by atoms with Gasteiger partial charge in [-0.1, -0.05) is 12.1 Å². The van der Waals surface area contributed by atoms with Crippen molar-refractivity contribution in [2.75, 3.05) is 18.2 Å². The van der Waals surface area contributed by atoms with Crippen LogP contribution in [0.3, 0.4) is 0 Å². The number of methoxy groups -OCH3 is 1.